The number of benzene rings is 1. The van der Waals surface area contributed by atoms with Gasteiger partial charge in [-0.15, -0.1) is 0 Å². The van der Waals surface area contributed by atoms with E-state index in [0.29, 0.717) is 19.0 Å². The molecule has 0 spiro atoms. The molecule has 1 heterocycles. The van der Waals surface area contributed by atoms with Gasteiger partial charge in [-0.3, -0.25) is 0 Å². The first-order chi connectivity index (χ1) is 10.1. The van der Waals surface area contributed by atoms with Crippen molar-refractivity contribution < 1.29 is 4.79 Å². The number of nitrogens with one attached hydrogen (secondary N) is 4. The lowest BCUT2D eigenvalue weighted by atomic mass is 10.1. The van der Waals surface area contributed by atoms with Crippen molar-refractivity contribution in [1.82, 2.24) is 25.9 Å². The molecule has 0 unspecified atom stereocenters. The number of amides is 2. The summed E-state index contributed by atoms with van der Waals surface area (Å²) in [5.74, 6) is 1.21. The Bertz CT molecular complexity index is 560. The van der Waals surface area contributed by atoms with Crippen molar-refractivity contribution in [3.63, 3.8) is 0 Å². The maximum Gasteiger partial charge on any atom is 0.315 e. The van der Waals surface area contributed by atoms with Crippen LogP contribution in [0.25, 0.3) is 11.0 Å². The largest absolute Gasteiger partial charge is 0.340 e. The third-order valence-corrected chi connectivity index (χ3v) is 3.51. The Balaban J connectivity index is 1.81. The molecule has 6 heteroatoms. The van der Waals surface area contributed by atoms with E-state index in [1.165, 1.54) is 0 Å². The van der Waals surface area contributed by atoms with Gasteiger partial charge >= 0.3 is 6.03 Å². The van der Waals surface area contributed by atoms with E-state index in [2.05, 4.69) is 39.8 Å². The Morgan fingerprint density at radius 3 is 2.71 bits per heavy atom. The molecule has 6 nitrogen and oxygen atoms in total. The number of aromatic nitrogens is 2. The number of urea groups is 1. The molecule has 2 aromatic rings. The van der Waals surface area contributed by atoms with E-state index >= 15 is 0 Å². The molecule has 0 aliphatic heterocycles. The molecule has 0 saturated heterocycles. The lowest BCUT2D eigenvalue weighted by Crippen LogP contribution is -2.45. The smallest absolute Gasteiger partial charge is 0.315 e. The van der Waals surface area contributed by atoms with Gasteiger partial charge < -0.3 is 20.9 Å². The van der Waals surface area contributed by atoms with E-state index in [-0.39, 0.29) is 12.1 Å². The van der Waals surface area contributed by atoms with Gasteiger partial charge in [-0.05, 0) is 25.1 Å². The lowest BCUT2D eigenvalue weighted by Gasteiger charge is -2.20. The first-order valence-electron chi connectivity index (χ1n) is 7.22. The van der Waals surface area contributed by atoms with Gasteiger partial charge in [-0.2, -0.15) is 0 Å². The monoisotopic (exact) mass is 289 g/mol. The van der Waals surface area contributed by atoms with Crippen molar-refractivity contribution in [2.75, 3.05) is 13.6 Å². The van der Waals surface area contributed by atoms with Crippen LogP contribution in [0.15, 0.2) is 24.3 Å². The van der Waals surface area contributed by atoms with Crippen LogP contribution in [0.2, 0.25) is 0 Å². The molecular formula is C15H23N5O. The maximum atomic E-state index is 11.8. The van der Waals surface area contributed by atoms with Gasteiger partial charge in [0.1, 0.15) is 5.82 Å². The number of aromatic amines is 1. The minimum Gasteiger partial charge on any atom is -0.340 e. The maximum absolute atomic E-state index is 11.8. The second kappa shape index (κ2) is 7.08. The normalized spacial score (nSPS) is 12.6. The van der Waals surface area contributed by atoms with Gasteiger partial charge in [0.05, 0.1) is 17.6 Å². The van der Waals surface area contributed by atoms with Crippen LogP contribution in [0.5, 0.6) is 0 Å². The van der Waals surface area contributed by atoms with E-state index in [1.54, 1.807) is 0 Å². The molecule has 0 aliphatic carbocycles. The fourth-order valence-electron chi connectivity index (χ4n) is 2.19. The molecule has 0 fully saturated rings. The molecule has 0 aliphatic rings. The second-order valence-electron chi connectivity index (χ2n) is 5.40. The van der Waals surface area contributed by atoms with Gasteiger partial charge in [0, 0.05) is 12.6 Å². The van der Waals surface area contributed by atoms with Crippen molar-refractivity contribution in [3.05, 3.63) is 30.1 Å². The number of nitrogens with zero attached hydrogens (tertiary/aromatic N) is 1. The fraction of sp³-hybridized carbons (Fsp3) is 0.467. The van der Waals surface area contributed by atoms with Gasteiger partial charge in [0.15, 0.2) is 0 Å². The van der Waals surface area contributed by atoms with Crippen LogP contribution in [0.4, 0.5) is 4.79 Å². The minimum atomic E-state index is -0.184. The number of para-hydroxylation sites is 2. The summed E-state index contributed by atoms with van der Waals surface area (Å²) in [4.78, 5) is 19.4. The number of carbonyl (C=O) groups excluding carboxylic acids is 1. The molecular weight excluding hydrogens is 266 g/mol. The third kappa shape index (κ3) is 4.19. The predicted molar refractivity (Wildman–Crippen MR) is 84.0 cm³/mol. The molecule has 0 radical (unpaired) electrons. The molecule has 114 valence electrons. The van der Waals surface area contributed by atoms with Crippen molar-refractivity contribution in [1.29, 1.82) is 0 Å². The predicted octanol–water partition coefficient (Wildman–Crippen LogP) is 1.61. The first kappa shape index (κ1) is 15.3. The van der Waals surface area contributed by atoms with Gasteiger partial charge in [0.25, 0.3) is 0 Å². The van der Waals surface area contributed by atoms with Crippen LogP contribution >= 0.6 is 0 Å². The van der Waals surface area contributed by atoms with Crippen molar-refractivity contribution in [2.45, 2.75) is 26.4 Å². The third-order valence-electron chi connectivity index (χ3n) is 3.51. The average molecular weight is 289 g/mol. The first-order valence-corrected chi connectivity index (χ1v) is 7.22. The summed E-state index contributed by atoms with van der Waals surface area (Å²) in [5, 5.41) is 8.86. The number of hydrogen-bond acceptors (Lipinski definition) is 3. The summed E-state index contributed by atoms with van der Waals surface area (Å²) in [7, 11) is 1.90. The van der Waals surface area contributed by atoms with Crippen molar-refractivity contribution >= 4 is 17.1 Å². The Hall–Kier alpha value is -2.08. The van der Waals surface area contributed by atoms with E-state index < -0.39 is 0 Å². The minimum absolute atomic E-state index is 0.184. The van der Waals surface area contributed by atoms with E-state index in [0.717, 1.165) is 16.9 Å². The number of hydrogen-bond donors (Lipinski definition) is 4. The van der Waals surface area contributed by atoms with Gasteiger partial charge in [-0.25, -0.2) is 9.78 Å². The van der Waals surface area contributed by atoms with Crippen LogP contribution in [0, 0.1) is 5.92 Å². The summed E-state index contributed by atoms with van der Waals surface area (Å²) in [6.07, 6.45) is 0. The average Bonchev–Trinajstić information content (AvgIpc) is 2.88. The molecule has 21 heavy (non-hydrogen) atoms. The summed E-state index contributed by atoms with van der Waals surface area (Å²) in [6, 6.07) is 7.88. The molecule has 2 amide bonds. The van der Waals surface area contributed by atoms with Gasteiger partial charge in [-0.1, -0.05) is 26.0 Å². The van der Waals surface area contributed by atoms with Crippen LogP contribution in [-0.4, -0.2) is 35.6 Å². The van der Waals surface area contributed by atoms with Crippen LogP contribution in [-0.2, 0) is 6.54 Å². The molecule has 1 aromatic carbocycles. The molecule has 0 saturated carbocycles. The Morgan fingerprint density at radius 1 is 1.29 bits per heavy atom. The molecule has 0 bridgehead atoms. The number of H-pyrrole nitrogens is 1. The summed E-state index contributed by atoms with van der Waals surface area (Å²) in [5.41, 5.74) is 1.88. The number of carbonyl (C=O) groups is 1. The zero-order valence-corrected chi connectivity index (χ0v) is 12.7. The van der Waals surface area contributed by atoms with Gasteiger partial charge in [0.2, 0.25) is 0 Å². The Labute approximate surface area is 124 Å². The number of likely N-dealkylation sites (N-methyl/N-ethyl adjacent to an activating group) is 1. The van der Waals surface area contributed by atoms with E-state index in [9.17, 15) is 4.79 Å². The Morgan fingerprint density at radius 2 is 2.05 bits per heavy atom. The topological polar surface area (TPSA) is 81.8 Å². The highest BCUT2D eigenvalue weighted by atomic mass is 16.2. The van der Waals surface area contributed by atoms with Crippen LogP contribution < -0.4 is 16.0 Å². The van der Waals surface area contributed by atoms with E-state index in [4.69, 9.17) is 0 Å². The summed E-state index contributed by atoms with van der Waals surface area (Å²) < 4.78 is 0. The highest BCUT2D eigenvalue weighted by molar-refractivity contribution is 5.75. The van der Waals surface area contributed by atoms with Crippen molar-refractivity contribution in [2.24, 2.45) is 5.92 Å². The fourth-order valence-corrected chi connectivity index (χ4v) is 2.19. The number of imidazole rings is 1. The summed E-state index contributed by atoms with van der Waals surface area (Å²) >= 11 is 0. The zero-order chi connectivity index (χ0) is 15.2. The Kier molecular flexibility index (Phi) is 5.16. The highest BCUT2D eigenvalue weighted by Gasteiger charge is 2.12. The number of fused-ring (bicyclic) bond motifs is 1. The molecule has 1 atom stereocenters. The quantitative estimate of drug-likeness (QED) is 0.652. The standard InChI is InChI=1S/C15H23N5O/c1-10(2)13(16-3)8-17-15(21)18-9-14-19-11-6-4-5-7-12(11)20-14/h4-7,10,13,16H,8-9H2,1-3H3,(H,19,20)(H2,17,18,21)/t13-/m1/s1. The second-order valence-corrected chi connectivity index (χ2v) is 5.40. The number of rotatable bonds is 6. The highest BCUT2D eigenvalue weighted by Crippen LogP contribution is 2.09. The van der Waals surface area contributed by atoms with Crippen LogP contribution in [0.1, 0.15) is 19.7 Å². The lowest BCUT2D eigenvalue weighted by molar-refractivity contribution is 0.237. The molecule has 4 N–H and O–H groups in total. The van der Waals surface area contributed by atoms with E-state index in [1.807, 2.05) is 31.3 Å². The molecule has 2 rings (SSSR count). The van der Waals surface area contributed by atoms with Crippen molar-refractivity contribution in [3.8, 4) is 0 Å². The zero-order valence-electron chi connectivity index (χ0n) is 12.7. The SMILES string of the molecule is CN[C@H](CNC(=O)NCc1nc2ccccc2[nH]1)C(C)C. The molecule has 1 aromatic heterocycles. The van der Waals surface area contributed by atoms with Crippen LogP contribution in [0.3, 0.4) is 0 Å². The summed E-state index contributed by atoms with van der Waals surface area (Å²) in [6.45, 7) is 5.22.